The molecule has 4 heteroatoms. The van der Waals surface area contributed by atoms with E-state index in [-0.39, 0.29) is 17.8 Å². The van der Waals surface area contributed by atoms with Gasteiger partial charge in [0.1, 0.15) is 6.10 Å². The fourth-order valence-electron chi connectivity index (χ4n) is 2.65. The number of benzene rings is 1. The summed E-state index contributed by atoms with van der Waals surface area (Å²) in [5.41, 5.74) is 1.04. The van der Waals surface area contributed by atoms with Crippen molar-refractivity contribution in [3.05, 3.63) is 35.9 Å². The van der Waals surface area contributed by atoms with Crippen LogP contribution in [0.5, 0.6) is 0 Å². The van der Waals surface area contributed by atoms with Gasteiger partial charge in [-0.1, -0.05) is 30.3 Å². The summed E-state index contributed by atoms with van der Waals surface area (Å²) in [4.78, 5) is 0. The highest BCUT2D eigenvalue weighted by atomic mass is 16.7. The Morgan fingerprint density at radius 3 is 2.89 bits per heavy atom. The highest BCUT2D eigenvalue weighted by molar-refractivity contribution is 5.15. The van der Waals surface area contributed by atoms with Crippen molar-refractivity contribution in [2.45, 2.75) is 19.0 Å². The lowest BCUT2D eigenvalue weighted by Gasteiger charge is -2.27. The third-order valence-corrected chi connectivity index (χ3v) is 3.76. The van der Waals surface area contributed by atoms with Crippen LogP contribution in [0.3, 0.4) is 0 Å². The van der Waals surface area contributed by atoms with Crippen LogP contribution in [0.4, 0.5) is 0 Å². The average Bonchev–Trinajstić information content (AvgIpc) is 3.13. The lowest BCUT2D eigenvalue weighted by Crippen LogP contribution is -2.38. The van der Waals surface area contributed by atoms with Gasteiger partial charge in [0.2, 0.25) is 0 Å². The Morgan fingerprint density at radius 2 is 2.17 bits per heavy atom. The van der Waals surface area contributed by atoms with Crippen LogP contribution in [0.1, 0.15) is 5.56 Å². The van der Waals surface area contributed by atoms with Crippen LogP contribution in [-0.4, -0.2) is 24.1 Å². The normalized spacial score (nSPS) is 37.7. The van der Waals surface area contributed by atoms with Crippen LogP contribution in [0.15, 0.2) is 30.3 Å². The minimum Gasteiger partial charge on any atom is -0.387 e. The third-order valence-electron chi connectivity index (χ3n) is 3.76. The molecule has 4 nitrogen and oxygen atoms in total. The molecule has 1 N–H and O–H groups in total. The molecule has 0 aromatic heterocycles. The Hall–Kier alpha value is -1.41. The molecule has 1 aliphatic heterocycles. The van der Waals surface area contributed by atoms with Crippen LogP contribution in [0, 0.1) is 29.1 Å². The molecular weight excluding hydrogens is 230 g/mol. The van der Waals surface area contributed by atoms with Gasteiger partial charge in [-0.3, -0.25) is 0 Å². The number of aliphatic hydroxyl groups is 1. The number of nitriles is 1. The van der Waals surface area contributed by atoms with E-state index in [9.17, 15) is 5.11 Å². The molecule has 1 aromatic rings. The predicted octanol–water partition coefficient (Wildman–Crippen LogP) is 1.31. The van der Waals surface area contributed by atoms with Crippen molar-refractivity contribution in [2.24, 2.45) is 17.8 Å². The Kier molecular flexibility index (Phi) is 3.04. The molecule has 0 unspecified atom stereocenters. The van der Waals surface area contributed by atoms with Crippen molar-refractivity contribution >= 4 is 0 Å². The van der Waals surface area contributed by atoms with Crippen LogP contribution >= 0.6 is 0 Å². The maximum absolute atomic E-state index is 10.1. The number of ether oxygens (including phenoxy) is 2. The van der Waals surface area contributed by atoms with Gasteiger partial charge < -0.3 is 14.6 Å². The first kappa shape index (κ1) is 11.7. The summed E-state index contributed by atoms with van der Waals surface area (Å²) in [6.45, 7) is 0.927. The molecule has 5 atom stereocenters. The number of hydrogen-bond donors (Lipinski definition) is 1. The van der Waals surface area contributed by atoms with E-state index < -0.39 is 12.4 Å². The number of aliphatic hydroxyl groups excluding tert-OH is 1. The Labute approximate surface area is 106 Å². The maximum atomic E-state index is 10.1. The van der Waals surface area contributed by atoms with Crippen LogP contribution in [0.25, 0.3) is 0 Å². The second kappa shape index (κ2) is 4.69. The first-order valence-electron chi connectivity index (χ1n) is 6.16. The van der Waals surface area contributed by atoms with Gasteiger partial charge in [-0.25, -0.2) is 0 Å². The summed E-state index contributed by atoms with van der Waals surface area (Å²) < 4.78 is 11.1. The third kappa shape index (κ3) is 2.01. The van der Waals surface area contributed by atoms with E-state index >= 15 is 0 Å². The van der Waals surface area contributed by atoms with Crippen LogP contribution in [-0.2, 0) is 16.1 Å². The zero-order valence-corrected chi connectivity index (χ0v) is 9.90. The molecule has 0 bridgehead atoms. The summed E-state index contributed by atoms with van der Waals surface area (Å²) in [5.74, 6) is 0.163. The van der Waals surface area contributed by atoms with Gasteiger partial charge >= 0.3 is 0 Å². The number of nitrogens with zero attached hydrogens (tertiary/aromatic N) is 1. The Morgan fingerprint density at radius 1 is 1.39 bits per heavy atom. The van der Waals surface area contributed by atoms with E-state index in [1.54, 1.807) is 0 Å². The molecule has 1 aliphatic carbocycles. The van der Waals surface area contributed by atoms with Crippen molar-refractivity contribution in [1.29, 1.82) is 5.26 Å². The second-order valence-electron chi connectivity index (χ2n) is 4.89. The van der Waals surface area contributed by atoms with Crippen molar-refractivity contribution in [1.82, 2.24) is 0 Å². The smallest absolute Gasteiger partial charge is 0.184 e. The molecule has 1 saturated carbocycles. The highest BCUT2D eigenvalue weighted by Crippen LogP contribution is 2.52. The van der Waals surface area contributed by atoms with Crippen molar-refractivity contribution in [3.63, 3.8) is 0 Å². The maximum Gasteiger partial charge on any atom is 0.184 e. The minimum absolute atomic E-state index is 0.0320. The van der Waals surface area contributed by atoms with Crippen LogP contribution < -0.4 is 0 Å². The van der Waals surface area contributed by atoms with Gasteiger partial charge in [0.25, 0.3) is 0 Å². The number of hydrogen-bond acceptors (Lipinski definition) is 4. The zero-order chi connectivity index (χ0) is 12.5. The quantitative estimate of drug-likeness (QED) is 0.872. The predicted molar refractivity (Wildman–Crippen MR) is 63.1 cm³/mol. The number of rotatable bonds is 3. The molecule has 1 heterocycles. The molecule has 18 heavy (non-hydrogen) atoms. The Bertz CT molecular complexity index is 456. The van der Waals surface area contributed by atoms with E-state index in [0.717, 1.165) is 5.56 Å². The fourth-order valence-corrected chi connectivity index (χ4v) is 2.65. The zero-order valence-electron chi connectivity index (χ0n) is 9.90. The van der Waals surface area contributed by atoms with Gasteiger partial charge in [0, 0.05) is 11.8 Å². The molecule has 1 saturated heterocycles. The molecule has 0 spiro atoms. The lowest BCUT2D eigenvalue weighted by molar-refractivity contribution is -0.223. The van der Waals surface area contributed by atoms with E-state index in [1.807, 2.05) is 30.3 Å². The van der Waals surface area contributed by atoms with Gasteiger partial charge in [0.05, 0.1) is 25.2 Å². The van der Waals surface area contributed by atoms with Crippen molar-refractivity contribution in [3.8, 4) is 6.07 Å². The molecule has 2 fully saturated rings. The lowest BCUT2D eigenvalue weighted by atomic mass is 10.1. The van der Waals surface area contributed by atoms with Crippen molar-refractivity contribution in [2.75, 3.05) is 6.61 Å². The Balaban J connectivity index is 1.57. The van der Waals surface area contributed by atoms with Crippen molar-refractivity contribution < 1.29 is 14.6 Å². The summed E-state index contributed by atoms with van der Waals surface area (Å²) in [5, 5.41) is 18.9. The molecule has 1 aromatic carbocycles. The standard InChI is InChI=1S/C14H15NO3/c15-6-10-11-8-18-14(13(16)12(10)11)17-7-9-4-2-1-3-5-9/h1-5,10-14,16H,7-8H2/t10-,11-,12+,13-,14+/m1/s1. The van der Waals surface area contributed by atoms with Crippen LogP contribution in [0.2, 0.25) is 0 Å². The molecule has 94 valence electrons. The molecule has 3 rings (SSSR count). The van der Waals surface area contributed by atoms with E-state index in [1.165, 1.54) is 0 Å². The SMILES string of the molecule is N#C[C@@H]1[C@H]2CO[C@H](OCc3ccccc3)[C@H](O)[C@@H]12. The molecular formula is C14H15NO3. The monoisotopic (exact) mass is 245 g/mol. The average molecular weight is 245 g/mol. The molecule has 0 amide bonds. The van der Waals surface area contributed by atoms with Gasteiger partial charge in [-0.05, 0) is 5.56 Å². The first-order valence-corrected chi connectivity index (χ1v) is 6.16. The number of fused-ring (bicyclic) bond motifs is 1. The van der Waals surface area contributed by atoms with Gasteiger partial charge in [-0.15, -0.1) is 0 Å². The second-order valence-corrected chi connectivity index (χ2v) is 4.89. The summed E-state index contributed by atoms with van der Waals surface area (Å²) in [6, 6.07) is 12.0. The van der Waals surface area contributed by atoms with E-state index in [2.05, 4.69) is 6.07 Å². The van der Waals surface area contributed by atoms with E-state index in [0.29, 0.717) is 13.2 Å². The molecule has 2 aliphatic rings. The fraction of sp³-hybridized carbons (Fsp3) is 0.500. The molecule has 0 radical (unpaired) electrons. The summed E-state index contributed by atoms with van der Waals surface area (Å²) in [6.07, 6.45) is -1.29. The largest absolute Gasteiger partial charge is 0.387 e. The van der Waals surface area contributed by atoms with Gasteiger partial charge in [-0.2, -0.15) is 5.26 Å². The summed E-state index contributed by atoms with van der Waals surface area (Å²) >= 11 is 0. The van der Waals surface area contributed by atoms with Gasteiger partial charge in [0.15, 0.2) is 6.29 Å². The topological polar surface area (TPSA) is 62.5 Å². The summed E-state index contributed by atoms with van der Waals surface area (Å²) in [7, 11) is 0. The highest BCUT2D eigenvalue weighted by Gasteiger charge is 2.59. The minimum atomic E-state index is -0.683. The van der Waals surface area contributed by atoms with E-state index in [4.69, 9.17) is 14.7 Å². The first-order chi connectivity index (χ1) is 8.81.